The number of amides is 4. The van der Waals surface area contributed by atoms with Crippen LogP contribution in [0.5, 0.6) is 0 Å². The van der Waals surface area contributed by atoms with Crippen molar-refractivity contribution in [1.82, 2.24) is 15.1 Å². The molecule has 1 fully saturated rings. The number of hydrogen-bond donors (Lipinski definition) is 1. The maximum atomic E-state index is 13.4. The fourth-order valence-electron chi connectivity index (χ4n) is 4.31. The Kier molecular flexibility index (Phi) is 5.46. The number of likely N-dealkylation sites (N-methyl/N-ethyl adjacent to an activating group) is 1. The number of imide groups is 1. The Morgan fingerprint density at radius 2 is 1.75 bits per heavy atom. The van der Waals surface area contributed by atoms with Gasteiger partial charge in [0, 0.05) is 13.6 Å². The maximum absolute atomic E-state index is 13.4. The first-order valence-corrected chi connectivity index (χ1v) is 10.6. The van der Waals surface area contributed by atoms with Crippen LogP contribution in [0, 0.1) is 13.8 Å². The van der Waals surface area contributed by atoms with Crippen molar-refractivity contribution in [3.8, 4) is 0 Å². The molecule has 0 aliphatic carbocycles. The summed E-state index contributed by atoms with van der Waals surface area (Å²) in [5, 5.41) is 4.69. The molecule has 1 unspecified atom stereocenters. The van der Waals surface area contributed by atoms with Crippen LogP contribution in [0.3, 0.4) is 0 Å². The number of nitrogens with one attached hydrogen (secondary N) is 1. The molecule has 0 bridgehead atoms. The fraction of sp³-hybridized carbons (Fsp3) is 0.269. The van der Waals surface area contributed by atoms with Gasteiger partial charge in [0.1, 0.15) is 12.1 Å². The third kappa shape index (κ3) is 3.73. The highest BCUT2D eigenvalue weighted by molar-refractivity contribution is 6.10. The molecule has 3 aromatic rings. The molecule has 6 heteroatoms. The van der Waals surface area contributed by atoms with Crippen LogP contribution in [0.4, 0.5) is 4.79 Å². The van der Waals surface area contributed by atoms with Crippen LogP contribution in [0.15, 0.2) is 60.7 Å². The fourth-order valence-corrected chi connectivity index (χ4v) is 4.31. The normalized spacial score (nSPS) is 18.2. The SMILES string of the molecule is Cc1ccc(CN(C)C(=O)CN2C(=O)NC(C)(c3cccc4ccccc34)C2=O)c(C)c1. The van der Waals surface area contributed by atoms with Crippen LogP contribution in [0.1, 0.15) is 29.2 Å². The van der Waals surface area contributed by atoms with Gasteiger partial charge in [0.25, 0.3) is 5.91 Å². The summed E-state index contributed by atoms with van der Waals surface area (Å²) in [5.74, 6) is -0.720. The van der Waals surface area contributed by atoms with Gasteiger partial charge in [0.05, 0.1) is 0 Å². The summed E-state index contributed by atoms with van der Waals surface area (Å²) >= 11 is 0. The molecule has 0 aromatic heterocycles. The van der Waals surface area contributed by atoms with Crippen LogP contribution < -0.4 is 5.32 Å². The topological polar surface area (TPSA) is 69.7 Å². The monoisotopic (exact) mass is 429 g/mol. The Balaban J connectivity index is 1.54. The number of carbonyl (C=O) groups is 3. The number of aryl methyl sites for hydroxylation is 2. The van der Waals surface area contributed by atoms with Gasteiger partial charge in [-0.1, -0.05) is 66.2 Å². The van der Waals surface area contributed by atoms with E-state index in [1.807, 2.05) is 68.4 Å². The van der Waals surface area contributed by atoms with E-state index in [0.717, 1.165) is 32.4 Å². The quantitative estimate of drug-likeness (QED) is 0.626. The van der Waals surface area contributed by atoms with Gasteiger partial charge in [0.2, 0.25) is 5.91 Å². The molecule has 0 saturated carbocycles. The summed E-state index contributed by atoms with van der Waals surface area (Å²) in [5.41, 5.74) is 2.77. The molecule has 1 atom stereocenters. The lowest BCUT2D eigenvalue weighted by Gasteiger charge is -2.25. The van der Waals surface area contributed by atoms with E-state index in [9.17, 15) is 14.4 Å². The molecule has 1 aliphatic rings. The van der Waals surface area contributed by atoms with Gasteiger partial charge in [-0.2, -0.15) is 0 Å². The summed E-state index contributed by atoms with van der Waals surface area (Å²) in [6, 6.07) is 18.9. The number of rotatable bonds is 5. The predicted octanol–water partition coefficient (Wildman–Crippen LogP) is 3.88. The largest absolute Gasteiger partial charge is 0.340 e. The second kappa shape index (κ2) is 8.11. The second-order valence-corrected chi connectivity index (χ2v) is 8.65. The van der Waals surface area contributed by atoms with E-state index < -0.39 is 17.5 Å². The highest BCUT2D eigenvalue weighted by Gasteiger charge is 2.50. The highest BCUT2D eigenvalue weighted by atomic mass is 16.2. The van der Waals surface area contributed by atoms with Crippen LogP contribution in [-0.2, 0) is 21.7 Å². The van der Waals surface area contributed by atoms with Crippen molar-refractivity contribution in [3.05, 3.63) is 82.9 Å². The smallest absolute Gasteiger partial charge is 0.325 e. The molecule has 1 aliphatic heterocycles. The molecule has 4 rings (SSSR count). The summed E-state index contributed by atoms with van der Waals surface area (Å²) in [7, 11) is 1.68. The van der Waals surface area contributed by atoms with Gasteiger partial charge >= 0.3 is 6.03 Å². The lowest BCUT2D eigenvalue weighted by atomic mass is 9.88. The average Bonchev–Trinajstić information content (AvgIpc) is 2.98. The average molecular weight is 430 g/mol. The minimum absolute atomic E-state index is 0.296. The van der Waals surface area contributed by atoms with Gasteiger partial charge in [-0.3, -0.25) is 14.5 Å². The van der Waals surface area contributed by atoms with E-state index in [1.165, 1.54) is 0 Å². The Hall–Kier alpha value is -3.67. The lowest BCUT2D eigenvalue weighted by Crippen LogP contribution is -2.43. The third-order valence-electron chi connectivity index (χ3n) is 6.23. The minimum atomic E-state index is -1.23. The molecular formula is C26H27N3O3. The van der Waals surface area contributed by atoms with Gasteiger partial charge in [-0.25, -0.2) is 4.79 Å². The van der Waals surface area contributed by atoms with E-state index in [-0.39, 0.29) is 12.5 Å². The number of fused-ring (bicyclic) bond motifs is 1. The zero-order valence-corrected chi connectivity index (χ0v) is 18.8. The first-order valence-electron chi connectivity index (χ1n) is 10.6. The Labute approximate surface area is 187 Å². The molecular weight excluding hydrogens is 402 g/mol. The van der Waals surface area contributed by atoms with Crippen molar-refractivity contribution in [2.45, 2.75) is 32.9 Å². The zero-order valence-electron chi connectivity index (χ0n) is 18.8. The molecule has 6 nitrogen and oxygen atoms in total. The molecule has 32 heavy (non-hydrogen) atoms. The van der Waals surface area contributed by atoms with Crippen LogP contribution in [0.25, 0.3) is 10.8 Å². The lowest BCUT2D eigenvalue weighted by molar-refractivity contribution is -0.138. The summed E-state index contributed by atoms with van der Waals surface area (Å²) in [6.45, 7) is 5.84. The number of urea groups is 1. The number of carbonyl (C=O) groups excluding carboxylic acids is 3. The van der Waals surface area contributed by atoms with Crippen molar-refractivity contribution in [1.29, 1.82) is 0 Å². The Morgan fingerprint density at radius 3 is 2.50 bits per heavy atom. The predicted molar refractivity (Wildman–Crippen MR) is 124 cm³/mol. The van der Waals surface area contributed by atoms with E-state index in [0.29, 0.717) is 12.1 Å². The van der Waals surface area contributed by atoms with E-state index >= 15 is 0 Å². The number of nitrogens with zero attached hydrogens (tertiary/aromatic N) is 2. The van der Waals surface area contributed by atoms with Crippen molar-refractivity contribution < 1.29 is 14.4 Å². The zero-order chi connectivity index (χ0) is 23.0. The third-order valence-corrected chi connectivity index (χ3v) is 6.23. The Bertz CT molecular complexity index is 1230. The van der Waals surface area contributed by atoms with Crippen molar-refractivity contribution in [2.24, 2.45) is 0 Å². The molecule has 0 radical (unpaired) electrons. The van der Waals surface area contributed by atoms with E-state index in [1.54, 1.807) is 18.9 Å². The molecule has 1 saturated heterocycles. The number of benzene rings is 3. The molecule has 1 heterocycles. The first-order chi connectivity index (χ1) is 15.2. The number of hydrogen-bond acceptors (Lipinski definition) is 3. The molecule has 3 aromatic carbocycles. The molecule has 1 N–H and O–H groups in total. The minimum Gasteiger partial charge on any atom is -0.340 e. The summed E-state index contributed by atoms with van der Waals surface area (Å²) in [6.07, 6.45) is 0. The van der Waals surface area contributed by atoms with Gasteiger partial charge < -0.3 is 10.2 Å². The van der Waals surface area contributed by atoms with E-state index in [4.69, 9.17) is 0 Å². The molecule has 0 spiro atoms. The second-order valence-electron chi connectivity index (χ2n) is 8.65. The van der Waals surface area contributed by atoms with Gasteiger partial charge in [-0.15, -0.1) is 0 Å². The van der Waals surface area contributed by atoms with Crippen LogP contribution in [0.2, 0.25) is 0 Å². The molecule has 164 valence electrons. The van der Waals surface area contributed by atoms with Crippen molar-refractivity contribution in [2.75, 3.05) is 13.6 Å². The standard InChI is InChI=1S/C26H27N3O3/c1-17-12-13-20(18(2)14-17)15-28(4)23(30)16-29-24(31)26(3,27-25(29)32)22-11-7-9-19-8-5-6-10-21(19)22/h5-14H,15-16H2,1-4H3,(H,27,32). The maximum Gasteiger partial charge on any atom is 0.325 e. The van der Waals surface area contributed by atoms with Crippen molar-refractivity contribution in [3.63, 3.8) is 0 Å². The van der Waals surface area contributed by atoms with E-state index in [2.05, 4.69) is 11.4 Å². The summed E-state index contributed by atoms with van der Waals surface area (Å²) in [4.78, 5) is 41.6. The van der Waals surface area contributed by atoms with Gasteiger partial charge in [0.15, 0.2) is 0 Å². The highest BCUT2D eigenvalue weighted by Crippen LogP contribution is 2.33. The summed E-state index contributed by atoms with van der Waals surface area (Å²) < 4.78 is 0. The Morgan fingerprint density at radius 1 is 1.03 bits per heavy atom. The van der Waals surface area contributed by atoms with Gasteiger partial charge in [-0.05, 0) is 48.2 Å². The van der Waals surface area contributed by atoms with Crippen LogP contribution >= 0.6 is 0 Å². The first kappa shape index (κ1) is 21.6. The van der Waals surface area contributed by atoms with Crippen molar-refractivity contribution >= 4 is 28.6 Å². The van der Waals surface area contributed by atoms with Crippen LogP contribution in [-0.4, -0.2) is 41.2 Å². The molecule has 4 amide bonds.